The summed E-state index contributed by atoms with van der Waals surface area (Å²) in [7, 11) is 0. The van der Waals surface area contributed by atoms with Gasteiger partial charge in [-0.15, -0.1) is 0 Å². The third-order valence-corrected chi connectivity index (χ3v) is 7.26. The molecule has 0 atom stereocenters. The molecule has 0 unspecified atom stereocenters. The van der Waals surface area contributed by atoms with E-state index in [0.29, 0.717) is 0 Å². The highest BCUT2D eigenvalue weighted by Gasteiger charge is 2.31. The Balaban J connectivity index is 1.77. The summed E-state index contributed by atoms with van der Waals surface area (Å²) in [5.74, 6) is 0. The van der Waals surface area contributed by atoms with E-state index in [2.05, 4.69) is 88.4 Å². The zero-order valence-electron chi connectivity index (χ0n) is 17.6. The molecule has 2 aliphatic carbocycles. The van der Waals surface area contributed by atoms with E-state index in [-0.39, 0.29) is 10.8 Å². The summed E-state index contributed by atoms with van der Waals surface area (Å²) >= 11 is 0. The summed E-state index contributed by atoms with van der Waals surface area (Å²) in [5.41, 5.74) is 12.3. The number of fused-ring (bicyclic) bond motifs is 6. The molecular formula is C28H30. The van der Waals surface area contributed by atoms with Crippen molar-refractivity contribution in [2.24, 2.45) is 0 Å². The largest absolute Gasteiger partial charge is 0.0619 e. The molecule has 0 saturated heterocycles. The third-order valence-electron chi connectivity index (χ3n) is 7.26. The maximum Gasteiger partial charge on any atom is -0.00942 e. The molecule has 0 saturated carbocycles. The van der Waals surface area contributed by atoms with E-state index >= 15 is 0 Å². The van der Waals surface area contributed by atoms with Gasteiger partial charge in [0.05, 0.1) is 0 Å². The molecule has 3 aromatic carbocycles. The van der Waals surface area contributed by atoms with E-state index < -0.39 is 0 Å². The van der Waals surface area contributed by atoms with Crippen LogP contribution in [0.25, 0.3) is 22.3 Å². The Kier molecular flexibility index (Phi) is 3.85. The van der Waals surface area contributed by atoms with Crippen molar-refractivity contribution >= 4 is 0 Å². The molecule has 0 radical (unpaired) electrons. The van der Waals surface area contributed by atoms with Gasteiger partial charge in [0.15, 0.2) is 0 Å². The van der Waals surface area contributed by atoms with Crippen molar-refractivity contribution in [1.82, 2.24) is 0 Å². The van der Waals surface area contributed by atoms with Crippen LogP contribution in [0.3, 0.4) is 0 Å². The van der Waals surface area contributed by atoms with Crippen molar-refractivity contribution in [2.75, 3.05) is 0 Å². The molecule has 142 valence electrons. The van der Waals surface area contributed by atoms with Crippen molar-refractivity contribution in [2.45, 2.75) is 64.2 Å². The average molecular weight is 367 g/mol. The van der Waals surface area contributed by atoms with Gasteiger partial charge in [-0.25, -0.2) is 0 Å². The standard InChI is InChI=1S/C28H30/c1-27(2)15-13-19-17-24-20(18-23(19)21-9-5-7-11-25(21)27)14-16-28(3,4)26-12-8-6-10-22(24)26/h5-12,17-18H,13-16H2,1-4H3. The minimum Gasteiger partial charge on any atom is -0.0619 e. The van der Waals surface area contributed by atoms with E-state index in [9.17, 15) is 0 Å². The molecule has 0 aromatic heterocycles. The predicted octanol–water partition coefficient (Wildman–Crippen LogP) is 7.47. The Morgan fingerprint density at radius 3 is 1.36 bits per heavy atom. The monoisotopic (exact) mass is 366 g/mol. The molecular weight excluding hydrogens is 336 g/mol. The number of hydrogen-bond acceptors (Lipinski definition) is 0. The molecule has 0 amide bonds. The quantitative estimate of drug-likeness (QED) is 0.387. The van der Waals surface area contributed by atoms with Gasteiger partial charge in [-0.3, -0.25) is 0 Å². The molecule has 5 rings (SSSR count). The fraction of sp³-hybridized carbons (Fsp3) is 0.357. The minimum absolute atomic E-state index is 0.215. The van der Waals surface area contributed by atoms with Crippen LogP contribution in [0.5, 0.6) is 0 Å². The fourth-order valence-electron chi connectivity index (χ4n) is 5.38. The maximum atomic E-state index is 2.53. The molecule has 2 aliphatic rings. The van der Waals surface area contributed by atoms with Crippen LogP contribution in [0.1, 0.15) is 62.8 Å². The van der Waals surface area contributed by atoms with Gasteiger partial charge < -0.3 is 0 Å². The summed E-state index contributed by atoms with van der Waals surface area (Å²) in [5, 5.41) is 0. The Morgan fingerprint density at radius 1 is 0.536 bits per heavy atom. The first kappa shape index (κ1) is 17.7. The van der Waals surface area contributed by atoms with Crippen LogP contribution in [0.4, 0.5) is 0 Å². The molecule has 0 spiro atoms. The van der Waals surface area contributed by atoms with E-state index in [1.54, 1.807) is 0 Å². The number of rotatable bonds is 0. The Bertz CT molecular complexity index is 978. The van der Waals surface area contributed by atoms with Gasteiger partial charge in [0.25, 0.3) is 0 Å². The van der Waals surface area contributed by atoms with E-state index in [0.717, 1.165) is 12.8 Å². The van der Waals surface area contributed by atoms with Gasteiger partial charge in [0.1, 0.15) is 0 Å². The molecule has 28 heavy (non-hydrogen) atoms. The Hall–Kier alpha value is -2.34. The predicted molar refractivity (Wildman–Crippen MR) is 120 cm³/mol. The van der Waals surface area contributed by atoms with Crippen molar-refractivity contribution in [3.8, 4) is 22.3 Å². The van der Waals surface area contributed by atoms with Gasteiger partial charge >= 0.3 is 0 Å². The highest BCUT2D eigenvalue weighted by Crippen LogP contribution is 2.46. The van der Waals surface area contributed by atoms with Crippen LogP contribution >= 0.6 is 0 Å². The van der Waals surface area contributed by atoms with Gasteiger partial charge in [0.2, 0.25) is 0 Å². The summed E-state index contributed by atoms with van der Waals surface area (Å²) in [6.07, 6.45) is 4.69. The topological polar surface area (TPSA) is 0 Å². The second kappa shape index (κ2) is 6.08. The molecule has 0 bridgehead atoms. The van der Waals surface area contributed by atoms with E-state index in [1.165, 1.54) is 57.3 Å². The van der Waals surface area contributed by atoms with Crippen molar-refractivity contribution < 1.29 is 0 Å². The molecule has 0 N–H and O–H groups in total. The van der Waals surface area contributed by atoms with Gasteiger partial charge in [-0.1, -0.05) is 88.4 Å². The SMILES string of the molecule is CC1(C)CCc2cc3c(cc2-c2ccccc21)CCC(C)(C)c1ccccc1-3. The lowest BCUT2D eigenvalue weighted by atomic mass is 9.79. The zero-order valence-corrected chi connectivity index (χ0v) is 17.6. The molecule has 0 nitrogen and oxygen atoms in total. The number of hydrogen-bond donors (Lipinski definition) is 0. The molecule has 0 heteroatoms. The second-order valence-electron chi connectivity index (χ2n) is 10.0. The molecule has 0 fully saturated rings. The molecule has 3 aromatic rings. The second-order valence-corrected chi connectivity index (χ2v) is 10.0. The smallest absolute Gasteiger partial charge is 0.00942 e. The summed E-state index contributed by atoms with van der Waals surface area (Å²) < 4.78 is 0. The van der Waals surface area contributed by atoms with Crippen molar-refractivity contribution in [1.29, 1.82) is 0 Å². The van der Waals surface area contributed by atoms with Gasteiger partial charge in [-0.05, 0) is 81.0 Å². The lowest BCUT2D eigenvalue weighted by Gasteiger charge is -2.25. The van der Waals surface area contributed by atoms with Crippen LogP contribution in [0.15, 0.2) is 60.7 Å². The van der Waals surface area contributed by atoms with Gasteiger partial charge in [0, 0.05) is 0 Å². The normalized spacial score (nSPS) is 18.7. The Labute approximate surface area is 169 Å². The summed E-state index contributed by atoms with van der Waals surface area (Å²) in [6, 6.07) is 23.2. The van der Waals surface area contributed by atoms with Gasteiger partial charge in [-0.2, -0.15) is 0 Å². The first-order chi connectivity index (χ1) is 13.4. The highest BCUT2D eigenvalue weighted by molar-refractivity contribution is 5.81. The molecule has 0 heterocycles. The lowest BCUT2D eigenvalue weighted by Crippen LogP contribution is -2.17. The van der Waals surface area contributed by atoms with Crippen molar-refractivity contribution in [3.05, 3.63) is 82.9 Å². The first-order valence-corrected chi connectivity index (χ1v) is 10.7. The van der Waals surface area contributed by atoms with Crippen LogP contribution < -0.4 is 0 Å². The van der Waals surface area contributed by atoms with Crippen LogP contribution in [-0.4, -0.2) is 0 Å². The summed E-state index contributed by atoms with van der Waals surface area (Å²) in [6.45, 7) is 9.61. The number of aryl methyl sites for hydroxylation is 2. The summed E-state index contributed by atoms with van der Waals surface area (Å²) in [4.78, 5) is 0. The van der Waals surface area contributed by atoms with E-state index in [4.69, 9.17) is 0 Å². The van der Waals surface area contributed by atoms with Crippen LogP contribution in [0.2, 0.25) is 0 Å². The third kappa shape index (κ3) is 2.65. The van der Waals surface area contributed by atoms with Crippen LogP contribution in [-0.2, 0) is 23.7 Å². The average Bonchev–Trinajstić information content (AvgIpc) is 2.88. The van der Waals surface area contributed by atoms with E-state index in [1.807, 2.05) is 0 Å². The van der Waals surface area contributed by atoms with Crippen LogP contribution in [0, 0.1) is 0 Å². The maximum absolute atomic E-state index is 2.53. The molecule has 0 aliphatic heterocycles. The minimum atomic E-state index is 0.215. The Morgan fingerprint density at radius 2 is 0.929 bits per heavy atom. The fourth-order valence-corrected chi connectivity index (χ4v) is 5.38. The zero-order chi connectivity index (χ0) is 19.5. The number of benzene rings is 3. The highest BCUT2D eigenvalue weighted by atomic mass is 14.4. The lowest BCUT2D eigenvalue weighted by molar-refractivity contribution is 0.485. The van der Waals surface area contributed by atoms with Crippen molar-refractivity contribution in [3.63, 3.8) is 0 Å². The first-order valence-electron chi connectivity index (χ1n) is 10.7.